The van der Waals surface area contributed by atoms with Crippen molar-refractivity contribution < 1.29 is 14.3 Å². The largest absolute Gasteiger partial charge is 0.376 e. The molecular formula is C16H32IN5O3. The van der Waals surface area contributed by atoms with Crippen LogP contribution in [-0.2, 0) is 14.3 Å². The molecule has 25 heavy (non-hydrogen) atoms. The normalized spacial score (nSPS) is 23.1. The number of primary amides is 1. The quantitative estimate of drug-likeness (QED) is 0.331. The van der Waals surface area contributed by atoms with E-state index in [1.54, 1.807) is 0 Å². The van der Waals surface area contributed by atoms with Crippen molar-refractivity contribution in [2.45, 2.75) is 32.4 Å². The molecule has 0 spiro atoms. The third-order valence-electron chi connectivity index (χ3n) is 4.64. The van der Waals surface area contributed by atoms with Gasteiger partial charge >= 0.3 is 0 Å². The van der Waals surface area contributed by atoms with Crippen molar-refractivity contribution in [1.29, 1.82) is 0 Å². The number of rotatable bonds is 5. The smallest absolute Gasteiger partial charge is 0.237 e. The Labute approximate surface area is 167 Å². The van der Waals surface area contributed by atoms with Gasteiger partial charge in [0.05, 0.1) is 31.9 Å². The Morgan fingerprint density at radius 1 is 1.28 bits per heavy atom. The summed E-state index contributed by atoms with van der Waals surface area (Å²) in [5.74, 6) is 0.606. The van der Waals surface area contributed by atoms with E-state index in [-0.39, 0.29) is 36.0 Å². The zero-order chi connectivity index (χ0) is 17.6. The van der Waals surface area contributed by atoms with Gasteiger partial charge in [-0.1, -0.05) is 0 Å². The van der Waals surface area contributed by atoms with Crippen LogP contribution in [0.3, 0.4) is 0 Å². The highest BCUT2D eigenvalue weighted by Gasteiger charge is 2.35. The first-order valence-corrected chi connectivity index (χ1v) is 8.72. The molecule has 0 radical (unpaired) electrons. The van der Waals surface area contributed by atoms with Gasteiger partial charge in [0.15, 0.2) is 5.96 Å². The molecule has 1 unspecified atom stereocenters. The first-order valence-electron chi connectivity index (χ1n) is 8.72. The molecule has 1 atom stereocenters. The Balaban J connectivity index is 0.00000312. The minimum Gasteiger partial charge on any atom is -0.376 e. The Kier molecular flexibility index (Phi) is 9.39. The van der Waals surface area contributed by atoms with Gasteiger partial charge in [-0.2, -0.15) is 0 Å². The van der Waals surface area contributed by atoms with Gasteiger partial charge in [0.2, 0.25) is 5.91 Å². The van der Waals surface area contributed by atoms with Gasteiger partial charge in [-0.15, -0.1) is 24.0 Å². The van der Waals surface area contributed by atoms with Crippen molar-refractivity contribution in [3.8, 4) is 0 Å². The Morgan fingerprint density at radius 2 is 1.96 bits per heavy atom. The Hall–Kier alpha value is -0.650. The summed E-state index contributed by atoms with van der Waals surface area (Å²) in [7, 11) is 0. The van der Waals surface area contributed by atoms with Crippen LogP contribution in [0.5, 0.6) is 0 Å². The number of carbonyl (C=O) groups is 1. The molecule has 3 N–H and O–H groups in total. The molecule has 2 aliphatic heterocycles. The first-order chi connectivity index (χ1) is 11.4. The van der Waals surface area contributed by atoms with E-state index in [0.29, 0.717) is 26.4 Å². The van der Waals surface area contributed by atoms with Gasteiger partial charge in [0.25, 0.3) is 0 Å². The summed E-state index contributed by atoms with van der Waals surface area (Å²) in [5.41, 5.74) is 4.90. The predicted octanol–water partition coefficient (Wildman–Crippen LogP) is -0.133. The number of piperazine rings is 1. The molecule has 146 valence electrons. The lowest BCUT2D eigenvalue weighted by atomic mass is 10.0. The molecular weight excluding hydrogens is 437 g/mol. The van der Waals surface area contributed by atoms with Gasteiger partial charge in [-0.05, 0) is 20.8 Å². The van der Waals surface area contributed by atoms with E-state index in [4.69, 9.17) is 20.2 Å². The summed E-state index contributed by atoms with van der Waals surface area (Å²) < 4.78 is 11.1. The maximum Gasteiger partial charge on any atom is 0.237 e. The van der Waals surface area contributed by atoms with E-state index in [1.807, 2.05) is 13.8 Å². The molecule has 8 nitrogen and oxygen atoms in total. The van der Waals surface area contributed by atoms with E-state index in [2.05, 4.69) is 22.0 Å². The molecule has 1 amide bonds. The third-order valence-corrected chi connectivity index (χ3v) is 4.64. The highest BCUT2D eigenvalue weighted by atomic mass is 127. The van der Waals surface area contributed by atoms with Crippen LogP contribution in [0.4, 0.5) is 0 Å². The van der Waals surface area contributed by atoms with Crippen LogP contribution in [0.25, 0.3) is 0 Å². The van der Waals surface area contributed by atoms with Crippen molar-refractivity contribution in [2.75, 3.05) is 59.1 Å². The number of hydrogen-bond donors (Lipinski definition) is 2. The summed E-state index contributed by atoms with van der Waals surface area (Å²) in [6.07, 6.45) is 0.0301. The number of guanidine groups is 1. The standard InChI is InChI=1S/C16H31N5O3.HI/c1-4-18-15(19-11-13-12-23-9-10-24-13)20-5-7-21(8-6-20)16(2,3)14(17)22;/h13H,4-12H2,1-3H3,(H2,17,22)(H,18,19);1H. The van der Waals surface area contributed by atoms with Crippen LogP contribution < -0.4 is 11.1 Å². The minimum atomic E-state index is -0.616. The van der Waals surface area contributed by atoms with Crippen molar-refractivity contribution in [3.05, 3.63) is 0 Å². The molecule has 0 aliphatic carbocycles. The lowest BCUT2D eigenvalue weighted by Crippen LogP contribution is -2.61. The molecule has 0 aromatic rings. The number of aliphatic imine (C=N–C) groups is 1. The number of hydrogen-bond acceptors (Lipinski definition) is 5. The fourth-order valence-corrected chi connectivity index (χ4v) is 2.89. The summed E-state index contributed by atoms with van der Waals surface area (Å²) in [5, 5.41) is 3.34. The van der Waals surface area contributed by atoms with Crippen molar-refractivity contribution in [1.82, 2.24) is 15.1 Å². The molecule has 2 aliphatic rings. The number of nitrogens with two attached hydrogens (primary N) is 1. The monoisotopic (exact) mass is 469 g/mol. The second-order valence-electron chi connectivity index (χ2n) is 6.66. The molecule has 0 bridgehead atoms. The van der Waals surface area contributed by atoms with Crippen LogP contribution in [0.2, 0.25) is 0 Å². The average molecular weight is 469 g/mol. The number of ether oxygens (including phenoxy) is 2. The molecule has 9 heteroatoms. The summed E-state index contributed by atoms with van der Waals surface area (Å²) in [6, 6.07) is 0. The summed E-state index contributed by atoms with van der Waals surface area (Å²) in [6.45, 7) is 12.3. The molecule has 2 rings (SSSR count). The fourth-order valence-electron chi connectivity index (χ4n) is 2.89. The second kappa shape index (κ2) is 10.5. The maximum absolute atomic E-state index is 11.6. The number of amides is 1. The minimum absolute atomic E-state index is 0. The van der Waals surface area contributed by atoms with Crippen LogP contribution in [-0.4, -0.2) is 92.4 Å². The van der Waals surface area contributed by atoms with Gasteiger partial charge < -0.3 is 25.4 Å². The van der Waals surface area contributed by atoms with Gasteiger partial charge in [-0.3, -0.25) is 14.7 Å². The van der Waals surface area contributed by atoms with Crippen LogP contribution >= 0.6 is 24.0 Å². The molecule has 2 heterocycles. The molecule has 2 fully saturated rings. The van der Waals surface area contributed by atoms with Crippen LogP contribution in [0.15, 0.2) is 4.99 Å². The van der Waals surface area contributed by atoms with Crippen LogP contribution in [0.1, 0.15) is 20.8 Å². The zero-order valence-corrected chi connectivity index (χ0v) is 17.8. The summed E-state index contributed by atoms with van der Waals surface area (Å²) in [4.78, 5) is 20.7. The highest BCUT2D eigenvalue weighted by Crippen LogP contribution is 2.16. The third kappa shape index (κ3) is 6.22. The van der Waals surface area contributed by atoms with E-state index < -0.39 is 5.54 Å². The molecule has 0 saturated carbocycles. The van der Waals surface area contributed by atoms with Gasteiger partial charge in [0, 0.05) is 32.7 Å². The predicted molar refractivity (Wildman–Crippen MR) is 108 cm³/mol. The number of nitrogens with zero attached hydrogens (tertiary/aromatic N) is 3. The first kappa shape index (κ1) is 22.4. The van der Waals surface area contributed by atoms with E-state index >= 15 is 0 Å². The fraction of sp³-hybridized carbons (Fsp3) is 0.875. The Morgan fingerprint density at radius 3 is 2.48 bits per heavy atom. The van der Waals surface area contributed by atoms with Crippen molar-refractivity contribution >= 4 is 35.8 Å². The number of carbonyl (C=O) groups excluding carboxylic acids is 1. The van der Waals surface area contributed by atoms with Gasteiger partial charge in [0.1, 0.15) is 6.10 Å². The second-order valence-corrected chi connectivity index (χ2v) is 6.66. The van der Waals surface area contributed by atoms with Crippen molar-refractivity contribution in [2.24, 2.45) is 10.7 Å². The lowest BCUT2D eigenvalue weighted by Gasteiger charge is -2.43. The summed E-state index contributed by atoms with van der Waals surface area (Å²) >= 11 is 0. The van der Waals surface area contributed by atoms with Gasteiger partial charge in [-0.25, -0.2) is 0 Å². The van der Waals surface area contributed by atoms with Crippen LogP contribution in [0, 0.1) is 0 Å². The van der Waals surface area contributed by atoms with E-state index in [9.17, 15) is 4.79 Å². The molecule has 0 aromatic heterocycles. The topological polar surface area (TPSA) is 92.4 Å². The zero-order valence-electron chi connectivity index (χ0n) is 15.5. The highest BCUT2D eigenvalue weighted by molar-refractivity contribution is 14.0. The Bertz CT molecular complexity index is 447. The van der Waals surface area contributed by atoms with E-state index in [0.717, 1.165) is 38.7 Å². The maximum atomic E-state index is 11.6. The molecule has 2 saturated heterocycles. The van der Waals surface area contributed by atoms with E-state index in [1.165, 1.54) is 0 Å². The SMILES string of the molecule is CCNC(=NCC1COCCO1)N1CCN(C(C)(C)C(N)=O)CC1.I. The lowest BCUT2D eigenvalue weighted by molar-refractivity contribution is -0.129. The molecule has 0 aromatic carbocycles. The number of nitrogens with one attached hydrogen (secondary N) is 1. The average Bonchev–Trinajstić information content (AvgIpc) is 2.59. The number of halogens is 1. The van der Waals surface area contributed by atoms with Crippen molar-refractivity contribution in [3.63, 3.8) is 0 Å².